The number of hydrogen-bond acceptors (Lipinski definition) is 3. The molecule has 104 valence electrons. The average molecular weight is 270 g/mol. The molecule has 0 saturated carbocycles. The molecule has 0 aromatic heterocycles. The number of ether oxygens (including phenoxy) is 2. The normalized spacial score (nSPS) is 10.1. The minimum Gasteiger partial charge on any atom is -0.493 e. The van der Waals surface area contributed by atoms with Crippen LogP contribution in [0, 0.1) is 0 Å². The maximum atomic E-state index is 10.7. The van der Waals surface area contributed by atoms with Gasteiger partial charge in [-0.25, -0.2) is 0 Å². The molecule has 0 saturated heterocycles. The lowest BCUT2D eigenvalue weighted by atomic mass is 10.1. The Morgan fingerprint density at radius 2 is 1.85 bits per heavy atom. The van der Waals surface area contributed by atoms with Gasteiger partial charge >= 0.3 is 0 Å². The highest BCUT2D eigenvalue weighted by atomic mass is 16.5. The minimum atomic E-state index is 0.582. The molecule has 0 aliphatic carbocycles. The molecule has 0 bridgehead atoms. The second-order valence-electron chi connectivity index (χ2n) is 4.47. The first-order valence-electron chi connectivity index (χ1n) is 6.63. The lowest BCUT2D eigenvalue weighted by molar-refractivity contribution is 0.112. The predicted octanol–water partition coefficient (Wildman–Crippen LogP) is 3.52. The van der Waals surface area contributed by atoms with Gasteiger partial charge in [0.1, 0.15) is 6.29 Å². The Kier molecular flexibility index (Phi) is 5.18. The standard InChI is InChI=1S/C17H18O3/c1-19-17-12-15(13-18)9-10-16(17)20-11-5-8-14-6-3-2-4-7-14/h2-4,6-7,9-10,12-13H,5,8,11H2,1H3. The van der Waals surface area contributed by atoms with E-state index in [1.165, 1.54) is 5.56 Å². The molecule has 0 N–H and O–H groups in total. The molecule has 0 spiro atoms. The summed E-state index contributed by atoms with van der Waals surface area (Å²) in [5, 5.41) is 0. The summed E-state index contributed by atoms with van der Waals surface area (Å²) in [4.78, 5) is 10.7. The summed E-state index contributed by atoms with van der Waals surface area (Å²) < 4.78 is 10.9. The Morgan fingerprint density at radius 1 is 1.05 bits per heavy atom. The van der Waals surface area contributed by atoms with E-state index in [-0.39, 0.29) is 0 Å². The lowest BCUT2D eigenvalue weighted by Gasteiger charge is -2.11. The molecule has 0 aliphatic rings. The van der Waals surface area contributed by atoms with Crippen LogP contribution >= 0.6 is 0 Å². The molecular weight excluding hydrogens is 252 g/mol. The van der Waals surface area contributed by atoms with Crippen LogP contribution in [0.15, 0.2) is 48.5 Å². The van der Waals surface area contributed by atoms with Crippen LogP contribution in [-0.2, 0) is 6.42 Å². The maximum absolute atomic E-state index is 10.7. The fourth-order valence-electron chi connectivity index (χ4n) is 1.98. The number of rotatable bonds is 7. The monoisotopic (exact) mass is 270 g/mol. The number of benzene rings is 2. The van der Waals surface area contributed by atoms with Crippen LogP contribution in [-0.4, -0.2) is 20.0 Å². The second-order valence-corrected chi connectivity index (χ2v) is 4.47. The molecule has 0 fully saturated rings. The number of carbonyl (C=O) groups excluding carboxylic acids is 1. The summed E-state index contributed by atoms with van der Waals surface area (Å²) in [6, 6.07) is 15.5. The number of aldehydes is 1. The minimum absolute atomic E-state index is 0.582. The Hall–Kier alpha value is -2.29. The number of aryl methyl sites for hydroxylation is 1. The topological polar surface area (TPSA) is 35.5 Å². The molecule has 0 aliphatic heterocycles. The summed E-state index contributed by atoms with van der Waals surface area (Å²) in [7, 11) is 1.57. The first-order chi connectivity index (χ1) is 9.83. The van der Waals surface area contributed by atoms with Crippen molar-refractivity contribution in [3.05, 3.63) is 59.7 Å². The van der Waals surface area contributed by atoms with Crippen molar-refractivity contribution in [2.24, 2.45) is 0 Å². The van der Waals surface area contributed by atoms with Gasteiger partial charge in [0, 0.05) is 5.56 Å². The summed E-state index contributed by atoms with van der Waals surface area (Å²) in [6.45, 7) is 0.617. The number of hydrogen-bond donors (Lipinski definition) is 0. The number of carbonyl (C=O) groups is 1. The number of methoxy groups -OCH3 is 1. The zero-order chi connectivity index (χ0) is 14.2. The fourth-order valence-corrected chi connectivity index (χ4v) is 1.98. The first kappa shape index (κ1) is 14.1. The predicted molar refractivity (Wildman–Crippen MR) is 78.6 cm³/mol. The first-order valence-corrected chi connectivity index (χ1v) is 6.63. The average Bonchev–Trinajstić information content (AvgIpc) is 2.52. The van der Waals surface area contributed by atoms with Gasteiger partial charge in [-0.3, -0.25) is 4.79 Å². The largest absolute Gasteiger partial charge is 0.493 e. The van der Waals surface area contributed by atoms with Crippen molar-refractivity contribution >= 4 is 6.29 Å². The van der Waals surface area contributed by atoms with E-state index in [0.29, 0.717) is 23.7 Å². The Labute approximate surface area is 119 Å². The molecule has 0 heterocycles. The van der Waals surface area contributed by atoms with Crippen LogP contribution in [0.4, 0.5) is 0 Å². The smallest absolute Gasteiger partial charge is 0.161 e. The van der Waals surface area contributed by atoms with Crippen molar-refractivity contribution < 1.29 is 14.3 Å². The Morgan fingerprint density at radius 3 is 2.55 bits per heavy atom. The van der Waals surface area contributed by atoms with Gasteiger partial charge in [-0.1, -0.05) is 30.3 Å². The highest BCUT2D eigenvalue weighted by molar-refractivity contribution is 5.76. The Balaban J connectivity index is 1.86. The third-order valence-electron chi connectivity index (χ3n) is 3.03. The van der Waals surface area contributed by atoms with Crippen molar-refractivity contribution in [2.75, 3.05) is 13.7 Å². The van der Waals surface area contributed by atoms with E-state index in [1.807, 2.05) is 18.2 Å². The van der Waals surface area contributed by atoms with Gasteiger partial charge in [-0.15, -0.1) is 0 Å². The molecule has 2 aromatic rings. The van der Waals surface area contributed by atoms with Crippen molar-refractivity contribution in [2.45, 2.75) is 12.8 Å². The van der Waals surface area contributed by atoms with E-state index in [9.17, 15) is 4.79 Å². The molecule has 3 heteroatoms. The van der Waals surface area contributed by atoms with E-state index in [1.54, 1.807) is 25.3 Å². The Bertz CT molecular complexity index is 549. The van der Waals surface area contributed by atoms with Crippen molar-refractivity contribution in [3.8, 4) is 11.5 Å². The van der Waals surface area contributed by atoms with Crippen molar-refractivity contribution in [1.29, 1.82) is 0 Å². The van der Waals surface area contributed by atoms with Crippen LogP contribution in [0.5, 0.6) is 11.5 Å². The molecule has 20 heavy (non-hydrogen) atoms. The van der Waals surface area contributed by atoms with E-state index in [2.05, 4.69) is 12.1 Å². The fraction of sp³-hybridized carbons (Fsp3) is 0.235. The van der Waals surface area contributed by atoms with Crippen LogP contribution in [0.1, 0.15) is 22.3 Å². The van der Waals surface area contributed by atoms with Gasteiger partial charge in [0.2, 0.25) is 0 Å². The second kappa shape index (κ2) is 7.34. The SMILES string of the molecule is COc1cc(C=O)ccc1OCCCc1ccccc1. The molecule has 2 rings (SSSR count). The van der Waals surface area contributed by atoms with Crippen LogP contribution < -0.4 is 9.47 Å². The molecule has 2 aromatic carbocycles. The van der Waals surface area contributed by atoms with E-state index >= 15 is 0 Å². The van der Waals surface area contributed by atoms with E-state index in [4.69, 9.17) is 9.47 Å². The molecule has 0 atom stereocenters. The van der Waals surface area contributed by atoms with Gasteiger partial charge in [0.15, 0.2) is 11.5 Å². The van der Waals surface area contributed by atoms with E-state index in [0.717, 1.165) is 19.1 Å². The quantitative estimate of drug-likeness (QED) is 0.570. The third-order valence-corrected chi connectivity index (χ3v) is 3.03. The summed E-state index contributed by atoms with van der Waals surface area (Å²) in [5.74, 6) is 1.26. The summed E-state index contributed by atoms with van der Waals surface area (Å²) in [5.41, 5.74) is 1.89. The zero-order valence-electron chi connectivity index (χ0n) is 11.5. The summed E-state index contributed by atoms with van der Waals surface area (Å²) in [6.07, 6.45) is 2.71. The molecule has 0 unspecified atom stereocenters. The van der Waals surface area contributed by atoms with Crippen LogP contribution in [0.2, 0.25) is 0 Å². The lowest BCUT2D eigenvalue weighted by Crippen LogP contribution is -2.01. The third kappa shape index (κ3) is 3.85. The molecule has 0 radical (unpaired) electrons. The zero-order valence-corrected chi connectivity index (χ0v) is 11.5. The van der Waals surface area contributed by atoms with Gasteiger partial charge in [-0.05, 0) is 36.6 Å². The van der Waals surface area contributed by atoms with Crippen molar-refractivity contribution in [1.82, 2.24) is 0 Å². The van der Waals surface area contributed by atoms with E-state index < -0.39 is 0 Å². The highest BCUT2D eigenvalue weighted by Gasteiger charge is 2.05. The van der Waals surface area contributed by atoms with Crippen LogP contribution in [0.3, 0.4) is 0 Å². The maximum Gasteiger partial charge on any atom is 0.161 e. The van der Waals surface area contributed by atoms with Gasteiger partial charge < -0.3 is 9.47 Å². The van der Waals surface area contributed by atoms with Gasteiger partial charge in [-0.2, -0.15) is 0 Å². The summed E-state index contributed by atoms with van der Waals surface area (Å²) >= 11 is 0. The van der Waals surface area contributed by atoms with Gasteiger partial charge in [0.05, 0.1) is 13.7 Å². The van der Waals surface area contributed by atoms with Gasteiger partial charge in [0.25, 0.3) is 0 Å². The van der Waals surface area contributed by atoms with Crippen LogP contribution in [0.25, 0.3) is 0 Å². The van der Waals surface area contributed by atoms with Crippen molar-refractivity contribution in [3.63, 3.8) is 0 Å². The highest BCUT2D eigenvalue weighted by Crippen LogP contribution is 2.27. The molecule has 0 amide bonds. The molecule has 3 nitrogen and oxygen atoms in total. The molecular formula is C17H18O3.